The molecule has 1 saturated heterocycles. The molecule has 0 N–H and O–H groups in total. The number of amides is 1. The zero-order valence-corrected chi connectivity index (χ0v) is 19.1. The number of hydrogen-bond donors (Lipinski definition) is 0. The predicted molar refractivity (Wildman–Crippen MR) is 121 cm³/mol. The van der Waals surface area contributed by atoms with Gasteiger partial charge in [-0.25, -0.2) is 8.42 Å². The second kappa shape index (κ2) is 10.7. The molecular weight excluding hydrogens is 414 g/mol. The van der Waals surface area contributed by atoms with Gasteiger partial charge in [-0.15, -0.1) is 0 Å². The highest BCUT2D eigenvalue weighted by Crippen LogP contribution is 2.27. The summed E-state index contributed by atoms with van der Waals surface area (Å²) in [5, 5.41) is 0. The first kappa shape index (κ1) is 23.1. The molecule has 1 heterocycles. The molecule has 6 nitrogen and oxygen atoms in total. The first-order valence-electron chi connectivity index (χ1n) is 10.9. The number of hydrogen-bond acceptors (Lipinski definition) is 5. The van der Waals surface area contributed by atoms with Crippen molar-refractivity contribution >= 4 is 15.7 Å². The Kier molecular flexibility index (Phi) is 7.96. The van der Waals surface area contributed by atoms with Crippen molar-refractivity contribution in [1.29, 1.82) is 0 Å². The number of carbonyl (C=O) groups excluding carboxylic acids is 1. The first-order valence-corrected chi connectivity index (χ1v) is 12.7. The molecular formula is C24H31NO5S. The Morgan fingerprint density at radius 2 is 1.81 bits per heavy atom. The van der Waals surface area contributed by atoms with E-state index >= 15 is 0 Å². The van der Waals surface area contributed by atoms with Crippen LogP contribution in [-0.4, -0.2) is 50.0 Å². The molecule has 1 amide bonds. The van der Waals surface area contributed by atoms with Crippen LogP contribution in [0.15, 0.2) is 48.5 Å². The highest BCUT2D eigenvalue weighted by Gasteiger charge is 2.35. The molecule has 2 aromatic rings. The number of sulfone groups is 1. The van der Waals surface area contributed by atoms with Gasteiger partial charge in [0.05, 0.1) is 30.3 Å². The second-order valence-corrected chi connectivity index (χ2v) is 9.99. The molecule has 3 rings (SSSR count). The van der Waals surface area contributed by atoms with Gasteiger partial charge in [-0.3, -0.25) is 4.79 Å². The van der Waals surface area contributed by atoms with E-state index in [9.17, 15) is 13.2 Å². The molecule has 1 fully saturated rings. The molecule has 1 atom stereocenters. The molecule has 0 aromatic heterocycles. The summed E-state index contributed by atoms with van der Waals surface area (Å²) < 4.78 is 35.6. The van der Waals surface area contributed by atoms with Crippen LogP contribution >= 0.6 is 0 Å². The smallest absolute Gasteiger partial charge is 0.258 e. The van der Waals surface area contributed by atoms with E-state index < -0.39 is 9.84 Å². The Hall–Kier alpha value is -2.54. The van der Waals surface area contributed by atoms with E-state index in [-0.39, 0.29) is 23.5 Å². The van der Waals surface area contributed by atoms with Crippen molar-refractivity contribution in [3.63, 3.8) is 0 Å². The Balaban J connectivity index is 1.87. The first-order chi connectivity index (χ1) is 14.9. The van der Waals surface area contributed by atoms with Crippen LogP contribution in [0.25, 0.3) is 0 Å². The summed E-state index contributed by atoms with van der Waals surface area (Å²) in [5.41, 5.74) is 1.39. The largest absolute Gasteiger partial charge is 0.494 e. The van der Waals surface area contributed by atoms with Crippen LogP contribution in [0.2, 0.25) is 0 Å². The van der Waals surface area contributed by atoms with Crippen LogP contribution in [0, 0.1) is 0 Å². The van der Waals surface area contributed by atoms with E-state index in [2.05, 4.69) is 6.92 Å². The number of rotatable bonds is 10. The Bertz CT molecular complexity index is 972. The van der Waals surface area contributed by atoms with E-state index in [4.69, 9.17) is 9.47 Å². The van der Waals surface area contributed by atoms with Gasteiger partial charge in [0, 0.05) is 12.6 Å². The fourth-order valence-electron chi connectivity index (χ4n) is 3.69. The van der Waals surface area contributed by atoms with Crippen molar-refractivity contribution in [1.82, 2.24) is 4.90 Å². The lowest BCUT2D eigenvalue weighted by Crippen LogP contribution is -2.40. The summed E-state index contributed by atoms with van der Waals surface area (Å²) in [7, 11) is -3.14. The number of nitrogens with zero attached hydrogens (tertiary/aromatic N) is 1. The van der Waals surface area contributed by atoms with Gasteiger partial charge in [0.1, 0.15) is 11.5 Å². The average molecular weight is 446 g/mol. The summed E-state index contributed by atoms with van der Waals surface area (Å²) in [6.07, 6.45) is 2.35. The maximum atomic E-state index is 13.6. The number of ether oxygens (including phenoxy) is 2. The van der Waals surface area contributed by atoms with E-state index in [1.165, 1.54) is 0 Å². The van der Waals surface area contributed by atoms with Crippen molar-refractivity contribution in [3.8, 4) is 11.5 Å². The maximum absolute atomic E-state index is 13.6. The number of carbonyl (C=O) groups is 1. The number of unbranched alkanes of at least 4 members (excludes halogenated alkanes) is 1. The van der Waals surface area contributed by atoms with E-state index in [1.54, 1.807) is 23.1 Å². The fraction of sp³-hybridized carbons (Fsp3) is 0.458. The topological polar surface area (TPSA) is 72.9 Å². The molecule has 0 aliphatic carbocycles. The standard InChI is InChI=1S/C24H31NO5S/c1-3-5-15-30-23-9-7-6-8-22(23)24(26)25(20-14-16-31(27,28)18-20)17-19-10-12-21(13-11-19)29-4-2/h6-13,20H,3-5,14-18H2,1-2H3. The molecule has 0 saturated carbocycles. The molecule has 0 bridgehead atoms. The van der Waals surface area contributed by atoms with E-state index in [0.29, 0.717) is 37.5 Å². The maximum Gasteiger partial charge on any atom is 0.258 e. The molecule has 1 unspecified atom stereocenters. The van der Waals surface area contributed by atoms with Gasteiger partial charge in [0.2, 0.25) is 0 Å². The lowest BCUT2D eigenvalue weighted by Gasteiger charge is -2.29. The summed E-state index contributed by atoms with van der Waals surface area (Å²) in [5.74, 6) is 1.21. The van der Waals surface area contributed by atoms with Crippen molar-refractivity contribution in [2.75, 3.05) is 24.7 Å². The van der Waals surface area contributed by atoms with Crippen LogP contribution in [0.3, 0.4) is 0 Å². The van der Waals surface area contributed by atoms with Crippen LogP contribution in [0.4, 0.5) is 0 Å². The molecule has 1 aliphatic heterocycles. The highest BCUT2D eigenvalue weighted by atomic mass is 32.2. The minimum Gasteiger partial charge on any atom is -0.494 e. The zero-order chi connectivity index (χ0) is 22.3. The lowest BCUT2D eigenvalue weighted by molar-refractivity contribution is 0.0676. The summed E-state index contributed by atoms with van der Waals surface area (Å²) in [6.45, 7) is 5.46. The third-order valence-electron chi connectivity index (χ3n) is 5.37. The highest BCUT2D eigenvalue weighted by molar-refractivity contribution is 7.91. The van der Waals surface area contributed by atoms with Gasteiger partial charge >= 0.3 is 0 Å². The zero-order valence-electron chi connectivity index (χ0n) is 18.2. The average Bonchev–Trinajstić information content (AvgIpc) is 3.13. The third kappa shape index (κ3) is 6.23. The van der Waals surface area contributed by atoms with Gasteiger partial charge in [-0.1, -0.05) is 37.6 Å². The fourth-order valence-corrected chi connectivity index (χ4v) is 5.42. The molecule has 0 spiro atoms. The normalized spacial score (nSPS) is 17.3. The van der Waals surface area contributed by atoms with Gasteiger partial charge in [0.25, 0.3) is 5.91 Å². The second-order valence-electron chi connectivity index (χ2n) is 7.77. The Morgan fingerprint density at radius 1 is 1.06 bits per heavy atom. The van der Waals surface area contributed by atoms with Crippen molar-refractivity contribution < 1.29 is 22.7 Å². The molecule has 0 radical (unpaired) electrons. The minimum atomic E-state index is -3.14. The van der Waals surface area contributed by atoms with Gasteiger partial charge < -0.3 is 14.4 Å². The van der Waals surface area contributed by atoms with Gasteiger partial charge in [-0.2, -0.15) is 0 Å². The van der Waals surface area contributed by atoms with Crippen LogP contribution in [-0.2, 0) is 16.4 Å². The van der Waals surface area contributed by atoms with Crippen LogP contribution in [0.5, 0.6) is 11.5 Å². The van der Waals surface area contributed by atoms with E-state index in [1.807, 2.05) is 37.3 Å². The molecule has 168 valence electrons. The molecule has 31 heavy (non-hydrogen) atoms. The number of para-hydroxylation sites is 1. The monoisotopic (exact) mass is 445 g/mol. The Labute approximate surface area is 185 Å². The molecule has 7 heteroatoms. The SMILES string of the molecule is CCCCOc1ccccc1C(=O)N(Cc1ccc(OCC)cc1)C1CCS(=O)(=O)C1. The predicted octanol–water partition coefficient (Wildman–Crippen LogP) is 4.09. The minimum absolute atomic E-state index is 0.00533. The van der Waals surface area contributed by atoms with Crippen molar-refractivity contribution in [2.45, 2.75) is 45.7 Å². The summed E-state index contributed by atoms with van der Waals surface area (Å²) >= 11 is 0. The molecule has 1 aliphatic rings. The van der Waals surface area contributed by atoms with Gasteiger partial charge in [-0.05, 0) is 49.6 Å². The van der Waals surface area contributed by atoms with E-state index in [0.717, 1.165) is 24.2 Å². The molecule has 2 aromatic carbocycles. The third-order valence-corrected chi connectivity index (χ3v) is 7.12. The number of benzene rings is 2. The summed E-state index contributed by atoms with van der Waals surface area (Å²) in [4.78, 5) is 15.3. The summed E-state index contributed by atoms with van der Waals surface area (Å²) in [6, 6.07) is 14.4. The quantitative estimate of drug-likeness (QED) is 0.515. The van der Waals surface area contributed by atoms with Crippen LogP contribution < -0.4 is 9.47 Å². The van der Waals surface area contributed by atoms with Crippen LogP contribution in [0.1, 0.15) is 49.0 Å². The van der Waals surface area contributed by atoms with Crippen molar-refractivity contribution in [2.24, 2.45) is 0 Å². The lowest BCUT2D eigenvalue weighted by atomic mass is 10.1. The van der Waals surface area contributed by atoms with Crippen molar-refractivity contribution in [3.05, 3.63) is 59.7 Å². The van der Waals surface area contributed by atoms with Gasteiger partial charge in [0.15, 0.2) is 9.84 Å². The Morgan fingerprint density at radius 3 is 2.45 bits per heavy atom.